The second kappa shape index (κ2) is 6.99. The molecule has 4 rings (SSSR count). The number of hydrogen-bond donors (Lipinski definition) is 0. The summed E-state index contributed by atoms with van der Waals surface area (Å²) in [7, 11) is 1.67. The van der Waals surface area contributed by atoms with E-state index >= 15 is 0 Å². The number of aromatic nitrogens is 1. The van der Waals surface area contributed by atoms with Crippen LogP contribution in [0.2, 0.25) is 0 Å². The van der Waals surface area contributed by atoms with Crippen LogP contribution in [0.25, 0.3) is 9.53 Å². The lowest BCUT2D eigenvalue weighted by Gasteiger charge is -2.25. The second-order valence-electron chi connectivity index (χ2n) is 5.89. The molecule has 3 aromatic rings. The van der Waals surface area contributed by atoms with E-state index in [0.717, 1.165) is 29.4 Å². The number of nitrogens with zero attached hydrogens (tertiary/aromatic N) is 2. The minimum absolute atomic E-state index is 0.582. The van der Waals surface area contributed by atoms with Crippen LogP contribution in [0.1, 0.15) is 24.1 Å². The monoisotopic (exact) mass is 360 g/mol. The van der Waals surface area contributed by atoms with Gasteiger partial charge in [0.1, 0.15) is 22.9 Å². The van der Waals surface area contributed by atoms with Crippen LogP contribution in [0, 0.1) is 0 Å². The number of rotatable bonds is 5. The summed E-state index contributed by atoms with van der Waals surface area (Å²) in [6.45, 7) is 2.88. The largest absolute Gasteiger partial charge is 0.497 e. The quantitative estimate of drug-likeness (QED) is 0.646. The molecule has 24 heavy (non-hydrogen) atoms. The van der Waals surface area contributed by atoms with E-state index in [4.69, 9.17) is 14.5 Å². The maximum Gasteiger partial charge on any atom is 0.187 e. The third-order valence-corrected chi connectivity index (χ3v) is 6.39. The SMILES string of the molecule is COc1ccc(OCc2cc3sc(N4CCCCC4)nc3s2)cc1. The number of thiazole rings is 1. The minimum Gasteiger partial charge on any atom is -0.497 e. The van der Waals surface area contributed by atoms with Crippen LogP contribution in [0.4, 0.5) is 5.13 Å². The van der Waals surface area contributed by atoms with Crippen molar-refractivity contribution in [2.24, 2.45) is 0 Å². The summed E-state index contributed by atoms with van der Waals surface area (Å²) in [5.41, 5.74) is 0. The van der Waals surface area contributed by atoms with Gasteiger partial charge in [-0.3, -0.25) is 0 Å². The summed E-state index contributed by atoms with van der Waals surface area (Å²) in [6.07, 6.45) is 3.92. The second-order valence-corrected chi connectivity index (χ2v) is 8.01. The zero-order valence-electron chi connectivity index (χ0n) is 13.7. The summed E-state index contributed by atoms with van der Waals surface area (Å²) in [4.78, 5) is 9.60. The zero-order chi connectivity index (χ0) is 16.4. The van der Waals surface area contributed by atoms with E-state index in [0.29, 0.717) is 6.61 Å². The van der Waals surface area contributed by atoms with Crippen molar-refractivity contribution >= 4 is 37.3 Å². The molecule has 1 aromatic carbocycles. The highest BCUT2D eigenvalue weighted by Gasteiger charge is 2.16. The van der Waals surface area contributed by atoms with Crippen LogP contribution < -0.4 is 14.4 Å². The smallest absolute Gasteiger partial charge is 0.187 e. The Morgan fingerprint density at radius 2 is 1.79 bits per heavy atom. The Kier molecular flexibility index (Phi) is 4.58. The molecule has 0 radical (unpaired) electrons. The fraction of sp³-hybridized carbons (Fsp3) is 0.389. The Labute approximate surface area is 149 Å². The number of methoxy groups -OCH3 is 1. The van der Waals surface area contributed by atoms with Gasteiger partial charge in [-0.15, -0.1) is 11.3 Å². The normalized spacial score (nSPS) is 15.0. The molecule has 0 atom stereocenters. The van der Waals surface area contributed by atoms with Crippen LogP contribution >= 0.6 is 22.7 Å². The van der Waals surface area contributed by atoms with Crippen molar-refractivity contribution in [3.05, 3.63) is 35.2 Å². The molecule has 126 valence electrons. The number of benzene rings is 1. The molecule has 6 heteroatoms. The first-order chi connectivity index (χ1) is 11.8. The molecule has 4 nitrogen and oxygen atoms in total. The molecular weight excluding hydrogens is 340 g/mol. The molecule has 0 aliphatic carbocycles. The van der Waals surface area contributed by atoms with E-state index in [-0.39, 0.29) is 0 Å². The Morgan fingerprint density at radius 1 is 1.04 bits per heavy atom. The molecule has 0 bridgehead atoms. The predicted molar refractivity (Wildman–Crippen MR) is 101 cm³/mol. The van der Waals surface area contributed by atoms with Crippen LogP contribution in [0.3, 0.4) is 0 Å². The number of hydrogen-bond acceptors (Lipinski definition) is 6. The summed E-state index contributed by atoms with van der Waals surface area (Å²) in [5, 5.41) is 1.18. The molecule has 1 fully saturated rings. The van der Waals surface area contributed by atoms with Crippen molar-refractivity contribution in [2.75, 3.05) is 25.1 Å². The summed E-state index contributed by atoms with van der Waals surface area (Å²) >= 11 is 3.54. The lowest BCUT2D eigenvalue weighted by Crippen LogP contribution is -2.29. The van der Waals surface area contributed by atoms with Crippen LogP contribution in [0.15, 0.2) is 30.3 Å². The van der Waals surface area contributed by atoms with Crippen molar-refractivity contribution in [3.63, 3.8) is 0 Å². The predicted octanol–water partition coefficient (Wildman–Crippen LogP) is 4.94. The third-order valence-electron chi connectivity index (χ3n) is 4.20. The molecular formula is C18H20N2O2S2. The first-order valence-corrected chi connectivity index (χ1v) is 9.86. The van der Waals surface area contributed by atoms with Crippen molar-refractivity contribution in [2.45, 2.75) is 25.9 Å². The average Bonchev–Trinajstić information content (AvgIpc) is 3.20. The highest BCUT2D eigenvalue weighted by molar-refractivity contribution is 7.29. The minimum atomic E-state index is 0.582. The Bertz CT molecular complexity index is 773. The fourth-order valence-corrected chi connectivity index (χ4v) is 5.09. The van der Waals surface area contributed by atoms with Gasteiger partial charge in [-0.1, -0.05) is 11.3 Å². The molecule has 1 aliphatic rings. The van der Waals surface area contributed by atoms with Crippen LogP contribution in [0.5, 0.6) is 11.5 Å². The highest BCUT2D eigenvalue weighted by atomic mass is 32.1. The standard InChI is InChI=1S/C18H20N2O2S2/c1-21-13-5-7-14(8-6-13)22-12-15-11-16-17(23-15)19-18(24-16)20-9-3-2-4-10-20/h5-8,11H,2-4,9-10,12H2,1H3. The van der Waals surface area contributed by atoms with Gasteiger partial charge in [-0.25, -0.2) is 4.98 Å². The number of thiophene rings is 1. The fourth-order valence-electron chi connectivity index (χ4n) is 2.89. The van der Waals surface area contributed by atoms with E-state index in [9.17, 15) is 0 Å². The lowest BCUT2D eigenvalue weighted by atomic mass is 10.1. The molecule has 0 saturated carbocycles. The molecule has 3 heterocycles. The Hall–Kier alpha value is -1.79. The Balaban J connectivity index is 1.42. The first kappa shape index (κ1) is 15.7. The van der Waals surface area contributed by atoms with Gasteiger partial charge in [-0.05, 0) is 49.6 Å². The zero-order valence-corrected chi connectivity index (χ0v) is 15.3. The molecule has 1 aliphatic heterocycles. The topological polar surface area (TPSA) is 34.6 Å². The molecule has 1 saturated heterocycles. The molecule has 0 amide bonds. The summed E-state index contributed by atoms with van der Waals surface area (Å²) in [6, 6.07) is 9.90. The Morgan fingerprint density at radius 3 is 2.50 bits per heavy atom. The highest BCUT2D eigenvalue weighted by Crippen LogP contribution is 2.36. The van der Waals surface area contributed by atoms with Gasteiger partial charge in [0.05, 0.1) is 11.8 Å². The van der Waals surface area contributed by atoms with Crippen molar-refractivity contribution in [1.82, 2.24) is 4.98 Å². The van der Waals surface area contributed by atoms with Gasteiger partial charge in [0.15, 0.2) is 5.13 Å². The maximum absolute atomic E-state index is 5.86. The van der Waals surface area contributed by atoms with Gasteiger partial charge in [-0.2, -0.15) is 0 Å². The van der Waals surface area contributed by atoms with Crippen molar-refractivity contribution in [3.8, 4) is 11.5 Å². The summed E-state index contributed by atoms with van der Waals surface area (Å²) < 4.78 is 12.3. The van der Waals surface area contributed by atoms with Gasteiger partial charge >= 0.3 is 0 Å². The van der Waals surface area contributed by atoms with Crippen LogP contribution in [-0.2, 0) is 6.61 Å². The summed E-state index contributed by atoms with van der Waals surface area (Å²) in [5.74, 6) is 1.70. The van der Waals surface area contributed by atoms with Crippen molar-refractivity contribution in [1.29, 1.82) is 0 Å². The first-order valence-electron chi connectivity index (χ1n) is 8.23. The molecule has 2 aromatic heterocycles. The average molecular weight is 361 g/mol. The van der Waals surface area contributed by atoms with E-state index in [2.05, 4.69) is 11.0 Å². The van der Waals surface area contributed by atoms with Crippen molar-refractivity contribution < 1.29 is 9.47 Å². The maximum atomic E-state index is 5.86. The van der Waals surface area contributed by atoms with E-state index in [1.165, 1.54) is 34.0 Å². The van der Waals surface area contributed by atoms with Gasteiger partial charge in [0.25, 0.3) is 0 Å². The number of ether oxygens (including phenoxy) is 2. The van der Waals surface area contributed by atoms with Gasteiger partial charge in [0.2, 0.25) is 0 Å². The molecule has 0 N–H and O–H groups in total. The third kappa shape index (κ3) is 3.35. The van der Waals surface area contributed by atoms with Crippen LogP contribution in [-0.4, -0.2) is 25.2 Å². The van der Waals surface area contributed by atoms with E-state index in [1.807, 2.05) is 24.3 Å². The molecule has 0 spiro atoms. The van der Waals surface area contributed by atoms with Gasteiger partial charge in [0, 0.05) is 18.0 Å². The van der Waals surface area contributed by atoms with E-state index in [1.54, 1.807) is 29.8 Å². The van der Waals surface area contributed by atoms with E-state index < -0.39 is 0 Å². The number of anilines is 1. The van der Waals surface area contributed by atoms with Gasteiger partial charge < -0.3 is 14.4 Å². The lowest BCUT2D eigenvalue weighted by molar-refractivity contribution is 0.309. The molecule has 0 unspecified atom stereocenters. The number of piperidine rings is 1. The number of fused-ring (bicyclic) bond motifs is 1.